The molecule has 0 aliphatic carbocycles. The van der Waals surface area contributed by atoms with Crippen LogP contribution in [-0.2, 0) is 0 Å². The third kappa shape index (κ3) is 3.08. The molecule has 0 aliphatic rings. The van der Waals surface area contributed by atoms with Crippen LogP contribution in [0.2, 0.25) is 5.02 Å². The van der Waals surface area contributed by atoms with Crippen LogP contribution in [0, 0.1) is 10.1 Å². The summed E-state index contributed by atoms with van der Waals surface area (Å²) in [5, 5.41) is 15.1. The van der Waals surface area contributed by atoms with Gasteiger partial charge in [0.15, 0.2) is 0 Å². The van der Waals surface area contributed by atoms with Gasteiger partial charge >= 0.3 is 0 Å². The monoisotopic (exact) mass is 410 g/mol. The zero-order valence-corrected chi connectivity index (χ0v) is 16.5. The van der Waals surface area contributed by atoms with Crippen molar-refractivity contribution >= 4 is 39.0 Å². The number of nitro benzene ring substituents is 1. The molecule has 0 fully saturated rings. The van der Waals surface area contributed by atoms with E-state index in [1.807, 2.05) is 60.7 Å². The molecule has 0 saturated heterocycles. The lowest BCUT2D eigenvalue weighted by Crippen LogP contribution is -1.93. The molecular formula is C25H15ClN2O2. The van der Waals surface area contributed by atoms with Crippen LogP contribution in [0.1, 0.15) is 0 Å². The summed E-state index contributed by atoms with van der Waals surface area (Å²) in [4.78, 5) is 16.1. The Hall–Kier alpha value is -3.76. The number of halogens is 1. The Bertz CT molecular complexity index is 1430. The van der Waals surface area contributed by atoms with E-state index < -0.39 is 0 Å². The minimum atomic E-state index is -0.390. The second-order valence-corrected chi connectivity index (χ2v) is 7.46. The SMILES string of the molecule is O=[N+]([O-])c1ccc(Cl)cc1-c1ccc2c(c1)nc(-c1ccccc1)c1ccccc12. The molecule has 1 heterocycles. The summed E-state index contributed by atoms with van der Waals surface area (Å²) in [5.41, 5.74) is 3.89. The normalized spacial score (nSPS) is 11.1. The fourth-order valence-corrected chi connectivity index (χ4v) is 4.01. The van der Waals surface area contributed by atoms with E-state index in [9.17, 15) is 10.1 Å². The highest BCUT2D eigenvalue weighted by Crippen LogP contribution is 2.37. The number of nitrogens with zero attached hydrogens (tertiary/aromatic N) is 2. The number of rotatable bonds is 3. The highest BCUT2D eigenvalue weighted by atomic mass is 35.5. The topological polar surface area (TPSA) is 56.0 Å². The zero-order valence-electron chi connectivity index (χ0n) is 15.7. The molecule has 0 saturated carbocycles. The minimum Gasteiger partial charge on any atom is -0.258 e. The van der Waals surface area contributed by atoms with Crippen molar-refractivity contribution in [2.24, 2.45) is 0 Å². The predicted molar refractivity (Wildman–Crippen MR) is 122 cm³/mol. The molecule has 1 aromatic heterocycles. The summed E-state index contributed by atoms with van der Waals surface area (Å²) in [6.45, 7) is 0. The van der Waals surface area contributed by atoms with Crippen LogP contribution in [0.5, 0.6) is 0 Å². The summed E-state index contributed by atoms with van der Waals surface area (Å²) in [7, 11) is 0. The van der Waals surface area contributed by atoms with Crippen LogP contribution < -0.4 is 0 Å². The molecule has 4 aromatic carbocycles. The molecule has 5 aromatic rings. The first-order chi connectivity index (χ1) is 14.6. The maximum Gasteiger partial charge on any atom is 0.277 e. The second kappa shape index (κ2) is 7.25. The summed E-state index contributed by atoms with van der Waals surface area (Å²) >= 11 is 6.13. The Labute approximate surface area is 177 Å². The molecule has 0 unspecified atom stereocenters. The summed E-state index contributed by atoms with van der Waals surface area (Å²) < 4.78 is 0. The summed E-state index contributed by atoms with van der Waals surface area (Å²) in [6, 6.07) is 28.5. The molecule has 4 nitrogen and oxygen atoms in total. The standard InChI is InChI=1S/C25H15ClN2O2/c26-18-11-13-24(28(29)30)22(15-18)17-10-12-20-19-8-4-5-9-21(19)25(27-23(20)14-17)16-6-2-1-3-7-16/h1-15H. The van der Waals surface area contributed by atoms with Gasteiger partial charge in [-0.3, -0.25) is 10.1 Å². The largest absolute Gasteiger partial charge is 0.277 e. The highest BCUT2D eigenvalue weighted by Gasteiger charge is 2.17. The number of benzene rings is 4. The predicted octanol–water partition coefficient (Wildman–Crippen LogP) is 7.28. The van der Waals surface area contributed by atoms with Gasteiger partial charge in [-0.05, 0) is 29.1 Å². The van der Waals surface area contributed by atoms with E-state index in [1.165, 1.54) is 12.1 Å². The first-order valence-corrected chi connectivity index (χ1v) is 9.82. The third-order valence-corrected chi connectivity index (χ3v) is 5.45. The molecular weight excluding hydrogens is 396 g/mol. The van der Waals surface area contributed by atoms with Crippen LogP contribution in [0.4, 0.5) is 5.69 Å². The number of hydrogen-bond acceptors (Lipinski definition) is 3. The Morgan fingerprint density at radius 2 is 1.47 bits per heavy atom. The van der Waals surface area contributed by atoms with Gasteiger partial charge < -0.3 is 0 Å². The van der Waals surface area contributed by atoms with Crippen molar-refractivity contribution in [1.29, 1.82) is 0 Å². The molecule has 0 N–H and O–H groups in total. The van der Waals surface area contributed by atoms with Crippen molar-refractivity contribution in [1.82, 2.24) is 4.98 Å². The second-order valence-electron chi connectivity index (χ2n) is 7.02. The number of aromatic nitrogens is 1. The van der Waals surface area contributed by atoms with Crippen molar-refractivity contribution in [3.8, 4) is 22.4 Å². The van der Waals surface area contributed by atoms with Crippen LogP contribution in [0.3, 0.4) is 0 Å². The molecule has 0 radical (unpaired) electrons. The Balaban J connectivity index is 1.82. The molecule has 5 heteroatoms. The molecule has 0 amide bonds. The van der Waals surface area contributed by atoms with E-state index in [2.05, 4.69) is 12.1 Å². The molecule has 5 rings (SSSR count). The Morgan fingerprint density at radius 3 is 2.23 bits per heavy atom. The van der Waals surface area contributed by atoms with E-state index in [0.29, 0.717) is 16.1 Å². The minimum absolute atomic E-state index is 0.0165. The average Bonchev–Trinajstić information content (AvgIpc) is 2.78. The van der Waals surface area contributed by atoms with Gasteiger partial charge in [-0.25, -0.2) is 4.98 Å². The van der Waals surface area contributed by atoms with Gasteiger partial charge in [-0.2, -0.15) is 0 Å². The maximum atomic E-state index is 11.5. The lowest BCUT2D eigenvalue weighted by Gasteiger charge is -2.11. The molecule has 0 atom stereocenters. The molecule has 0 aliphatic heterocycles. The molecule has 0 bridgehead atoms. The summed E-state index contributed by atoms with van der Waals surface area (Å²) in [6.07, 6.45) is 0. The van der Waals surface area contributed by atoms with Crippen molar-refractivity contribution in [3.05, 3.63) is 106 Å². The quantitative estimate of drug-likeness (QED) is 0.178. The van der Waals surface area contributed by atoms with Crippen molar-refractivity contribution in [2.75, 3.05) is 0 Å². The molecule has 30 heavy (non-hydrogen) atoms. The fourth-order valence-electron chi connectivity index (χ4n) is 3.84. The van der Waals surface area contributed by atoms with Gasteiger partial charge in [-0.1, -0.05) is 78.3 Å². The van der Waals surface area contributed by atoms with Gasteiger partial charge in [0.05, 0.1) is 21.7 Å². The fraction of sp³-hybridized carbons (Fsp3) is 0. The third-order valence-electron chi connectivity index (χ3n) is 5.22. The van der Waals surface area contributed by atoms with Gasteiger partial charge in [0.2, 0.25) is 0 Å². The van der Waals surface area contributed by atoms with E-state index in [-0.39, 0.29) is 10.6 Å². The lowest BCUT2D eigenvalue weighted by atomic mass is 9.97. The zero-order chi connectivity index (χ0) is 20.7. The van der Waals surface area contributed by atoms with Gasteiger partial charge in [-0.15, -0.1) is 0 Å². The van der Waals surface area contributed by atoms with E-state index in [1.54, 1.807) is 6.07 Å². The average molecular weight is 411 g/mol. The first-order valence-electron chi connectivity index (χ1n) is 9.44. The van der Waals surface area contributed by atoms with Gasteiger partial charge in [0, 0.05) is 27.4 Å². The Kier molecular flexibility index (Phi) is 4.42. The van der Waals surface area contributed by atoms with Gasteiger partial charge in [0.1, 0.15) is 0 Å². The van der Waals surface area contributed by atoms with E-state index >= 15 is 0 Å². The van der Waals surface area contributed by atoms with Crippen LogP contribution in [0.25, 0.3) is 44.1 Å². The number of hydrogen-bond donors (Lipinski definition) is 0. The highest BCUT2D eigenvalue weighted by molar-refractivity contribution is 6.31. The molecule has 0 spiro atoms. The van der Waals surface area contributed by atoms with Gasteiger partial charge in [0.25, 0.3) is 5.69 Å². The van der Waals surface area contributed by atoms with E-state index in [0.717, 1.165) is 32.9 Å². The first kappa shape index (κ1) is 18.3. The lowest BCUT2D eigenvalue weighted by molar-refractivity contribution is -0.384. The number of pyridine rings is 1. The van der Waals surface area contributed by atoms with Crippen LogP contribution in [-0.4, -0.2) is 9.91 Å². The molecule has 144 valence electrons. The maximum absolute atomic E-state index is 11.5. The van der Waals surface area contributed by atoms with Crippen LogP contribution in [0.15, 0.2) is 91.0 Å². The van der Waals surface area contributed by atoms with Crippen LogP contribution >= 0.6 is 11.6 Å². The van der Waals surface area contributed by atoms with Crippen molar-refractivity contribution in [2.45, 2.75) is 0 Å². The van der Waals surface area contributed by atoms with Crippen molar-refractivity contribution < 1.29 is 4.92 Å². The number of nitro groups is 1. The smallest absolute Gasteiger partial charge is 0.258 e. The van der Waals surface area contributed by atoms with E-state index in [4.69, 9.17) is 16.6 Å². The number of fused-ring (bicyclic) bond motifs is 3. The summed E-state index contributed by atoms with van der Waals surface area (Å²) in [5.74, 6) is 0. The Morgan fingerprint density at radius 1 is 0.733 bits per heavy atom. The van der Waals surface area contributed by atoms with Crippen molar-refractivity contribution in [3.63, 3.8) is 0 Å².